The second-order valence-electron chi connectivity index (χ2n) is 3.95. The van der Waals surface area contributed by atoms with E-state index in [2.05, 4.69) is 10.3 Å². The topological polar surface area (TPSA) is 45.2 Å². The van der Waals surface area contributed by atoms with Crippen molar-refractivity contribution in [3.63, 3.8) is 0 Å². The summed E-state index contributed by atoms with van der Waals surface area (Å²) in [5.41, 5.74) is 1.79. The van der Waals surface area contributed by atoms with Gasteiger partial charge in [-0.3, -0.25) is 4.79 Å². The molecule has 2 aromatic heterocycles. The Morgan fingerprint density at radius 2 is 2.17 bits per heavy atom. The van der Waals surface area contributed by atoms with Crippen LogP contribution in [0.1, 0.15) is 15.2 Å². The van der Waals surface area contributed by atoms with Gasteiger partial charge >= 0.3 is 0 Å². The molecule has 0 radical (unpaired) electrons. The number of amides is 1. The third-order valence-corrected chi connectivity index (χ3v) is 3.76. The molecule has 0 bridgehead atoms. The van der Waals surface area contributed by atoms with E-state index in [0.29, 0.717) is 0 Å². The Morgan fingerprint density at radius 3 is 2.67 bits per heavy atom. The molecule has 2 heterocycles. The minimum atomic E-state index is 0.00140. The van der Waals surface area contributed by atoms with Gasteiger partial charge in [0, 0.05) is 14.1 Å². The second kappa shape index (κ2) is 5.18. The van der Waals surface area contributed by atoms with Crippen molar-refractivity contribution in [2.45, 2.75) is 6.92 Å². The van der Waals surface area contributed by atoms with Crippen LogP contribution in [0.4, 0.5) is 11.5 Å². The van der Waals surface area contributed by atoms with Crippen molar-refractivity contribution in [1.29, 1.82) is 0 Å². The number of hydrogen-bond donors (Lipinski definition) is 1. The quantitative estimate of drug-likeness (QED) is 0.924. The molecule has 94 valence electrons. The first-order valence-electron chi connectivity index (χ1n) is 5.59. The molecule has 0 unspecified atom stereocenters. The summed E-state index contributed by atoms with van der Waals surface area (Å²) in [6, 6.07) is 5.67. The molecule has 0 saturated heterocycles. The Hall–Kier alpha value is -1.88. The SMILES string of the molecule is CNc1ccc(N(C)C(=O)c2sccc2C)cn1. The summed E-state index contributed by atoms with van der Waals surface area (Å²) in [6.07, 6.45) is 1.69. The van der Waals surface area contributed by atoms with Crippen LogP contribution in [-0.4, -0.2) is 25.0 Å². The molecule has 2 rings (SSSR count). The Kier molecular flexibility index (Phi) is 3.62. The average Bonchev–Trinajstić information content (AvgIpc) is 2.83. The maximum Gasteiger partial charge on any atom is 0.268 e. The fraction of sp³-hybridized carbons (Fsp3) is 0.231. The molecule has 0 spiro atoms. The van der Waals surface area contributed by atoms with Crippen molar-refractivity contribution < 1.29 is 4.79 Å². The van der Waals surface area contributed by atoms with Crippen LogP contribution in [0.2, 0.25) is 0 Å². The first kappa shape index (κ1) is 12.6. The Morgan fingerprint density at radius 1 is 1.39 bits per heavy atom. The largest absolute Gasteiger partial charge is 0.373 e. The van der Waals surface area contributed by atoms with E-state index in [0.717, 1.165) is 21.9 Å². The van der Waals surface area contributed by atoms with Gasteiger partial charge in [0.05, 0.1) is 16.8 Å². The number of rotatable bonds is 3. The molecule has 4 nitrogen and oxygen atoms in total. The molecule has 0 saturated carbocycles. The predicted molar refractivity (Wildman–Crippen MR) is 75.6 cm³/mol. The molecule has 2 aromatic rings. The van der Waals surface area contributed by atoms with Gasteiger partial charge in [-0.15, -0.1) is 11.3 Å². The fourth-order valence-electron chi connectivity index (χ4n) is 1.59. The van der Waals surface area contributed by atoms with Crippen molar-refractivity contribution in [1.82, 2.24) is 4.98 Å². The summed E-state index contributed by atoms with van der Waals surface area (Å²) in [4.78, 5) is 18.9. The number of thiophene rings is 1. The Bertz CT molecular complexity index is 548. The number of hydrogen-bond acceptors (Lipinski definition) is 4. The van der Waals surface area contributed by atoms with Crippen LogP contribution in [0.5, 0.6) is 0 Å². The molecular weight excluding hydrogens is 246 g/mol. The second-order valence-corrected chi connectivity index (χ2v) is 4.86. The van der Waals surface area contributed by atoms with E-state index in [1.807, 2.05) is 37.6 Å². The van der Waals surface area contributed by atoms with Gasteiger partial charge in [-0.05, 0) is 36.1 Å². The highest BCUT2D eigenvalue weighted by molar-refractivity contribution is 7.12. The molecular formula is C13H15N3OS. The number of carbonyl (C=O) groups excluding carboxylic acids is 1. The first-order chi connectivity index (χ1) is 8.63. The highest BCUT2D eigenvalue weighted by atomic mass is 32.1. The molecule has 18 heavy (non-hydrogen) atoms. The van der Waals surface area contributed by atoms with Gasteiger partial charge in [0.2, 0.25) is 0 Å². The van der Waals surface area contributed by atoms with Gasteiger partial charge in [0.25, 0.3) is 5.91 Å². The Labute approximate surface area is 110 Å². The van der Waals surface area contributed by atoms with Gasteiger partial charge < -0.3 is 10.2 Å². The monoisotopic (exact) mass is 261 g/mol. The lowest BCUT2D eigenvalue weighted by Crippen LogP contribution is -2.26. The van der Waals surface area contributed by atoms with E-state index in [9.17, 15) is 4.79 Å². The van der Waals surface area contributed by atoms with Crippen LogP contribution in [0.15, 0.2) is 29.8 Å². The molecule has 5 heteroatoms. The van der Waals surface area contributed by atoms with E-state index < -0.39 is 0 Å². The molecule has 1 amide bonds. The molecule has 0 atom stereocenters. The number of pyridine rings is 1. The van der Waals surface area contributed by atoms with Gasteiger partial charge in [-0.1, -0.05) is 0 Å². The van der Waals surface area contributed by atoms with Crippen molar-refractivity contribution in [3.8, 4) is 0 Å². The summed E-state index contributed by atoms with van der Waals surface area (Å²) in [5, 5.41) is 4.88. The zero-order valence-corrected chi connectivity index (χ0v) is 11.4. The lowest BCUT2D eigenvalue weighted by atomic mass is 10.2. The van der Waals surface area contributed by atoms with Gasteiger partial charge in [-0.2, -0.15) is 0 Å². The van der Waals surface area contributed by atoms with Crippen LogP contribution < -0.4 is 10.2 Å². The standard InChI is InChI=1S/C13H15N3OS/c1-9-6-7-18-12(9)13(17)16(3)10-4-5-11(14-2)15-8-10/h4-8H,1-3H3,(H,14,15). The molecule has 0 aliphatic heterocycles. The Balaban J connectivity index is 2.23. The smallest absolute Gasteiger partial charge is 0.268 e. The van der Waals surface area contributed by atoms with Gasteiger partial charge in [0.15, 0.2) is 0 Å². The predicted octanol–water partition coefficient (Wildman–Crippen LogP) is 2.77. The summed E-state index contributed by atoms with van der Waals surface area (Å²) >= 11 is 1.46. The zero-order valence-electron chi connectivity index (χ0n) is 10.6. The third kappa shape index (κ3) is 2.36. The number of aromatic nitrogens is 1. The van der Waals surface area contributed by atoms with Gasteiger partial charge in [0.1, 0.15) is 5.82 Å². The van der Waals surface area contributed by atoms with Crippen LogP contribution in [0.3, 0.4) is 0 Å². The van der Waals surface area contributed by atoms with E-state index in [-0.39, 0.29) is 5.91 Å². The first-order valence-corrected chi connectivity index (χ1v) is 6.47. The molecule has 0 aliphatic rings. The van der Waals surface area contributed by atoms with Crippen molar-refractivity contribution >= 4 is 28.7 Å². The highest BCUT2D eigenvalue weighted by Gasteiger charge is 2.16. The van der Waals surface area contributed by atoms with Crippen LogP contribution in [0.25, 0.3) is 0 Å². The number of anilines is 2. The number of aryl methyl sites for hydroxylation is 1. The minimum absolute atomic E-state index is 0.00140. The lowest BCUT2D eigenvalue weighted by molar-refractivity contribution is 0.0996. The van der Waals surface area contributed by atoms with Crippen molar-refractivity contribution in [2.75, 3.05) is 24.3 Å². The van der Waals surface area contributed by atoms with Crippen molar-refractivity contribution in [2.24, 2.45) is 0 Å². The summed E-state index contributed by atoms with van der Waals surface area (Å²) in [5.74, 6) is 0.786. The highest BCUT2D eigenvalue weighted by Crippen LogP contribution is 2.21. The third-order valence-electron chi connectivity index (χ3n) is 2.75. The van der Waals surface area contributed by atoms with E-state index >= 15 is 0 Å². The summed E-state index contributed by atoms with van der Waals surface area (Å²) < 4.78 is 0. The summed E-state index contributed by atoms with van der Waals surface area (Å²) in [7, 11) is 3.57. The normalized spacial score (nSPS) is 10.2. The van der Waals surface area contributed by atoms with Crippen LogP contribution >= 0.6 is 11.3 Å². The molecule has 0 aromatic carbocycles. The number of nitrogens with one attached hydrogen (secondary N) is 1. The molecule has 0 aliphatic carbocycles. The van der Waals surface area contributed by atoms with E-state index in [1.165, 1.54) is 11.3 Å². The zero-order chi connectivity index (χ0) is 13.1. The van der Waals surface area contributed by atoms with Crippen LogP contribution in [-0.2, 0) is 0 Å². The summed E-state index contributed by atoms with van der Waals surface area (Å²) in [6.45, 7) is 1.94. The molecule has 1 N–H and O–H groups in total. The number of carbonyl (C=O) groups is 1. The minimum Gasteiger partial charge on any atom is -0.373 e. The van der Waals surface area contributed by atoms with Gasteiger partial charge in [-0.25, -0.2) is 4.98 Å². The fourth-order valence-corrected chi connectivity index (χ4v) is 2.49. The van der Waals surface area contributed by atoms with Crippen molar-refractivity contribution in [3.05, 3.63) is 40.2 Å². The maximum atomic E-state index is 12.3. The lowest BCUT2D eigenvalue weighted by Gasteiger charge is -2.16. The number of nitrogens with zero attached hydrogens (tertiary/aromatic N) is 2. The molecule has 0 fully saturated rings. The van der Waals surface area contributed by atoms with E-state index in [4.69, 9.17) is 0 Å². The van der Waals surface area contributed by atoms with Crippen LogP contribution in [0, 0.1) is 6.92 Å². The average molecular weight is 261 g/mol. The van der Waals surface area contributed by atoms with E-state index in [1.54, 1.807) is 18.1 Å². The maximum absolute atomic E-state index is 12.3.